The average Bonchev–Trinajstić information content (AvgIpc) is 2.68. The highest BCUT2D eigenvalue weighted by Crippen LogP contribution is 2.29. The second-order valence-electron chi connectivity index (χ2n) is 4.23. The molecule has 3 rings (SSSR count). The number of hydrogen-bond donors (Lipinski definition) is 0. The fraction of sp³-hybridized carbons (Fsp3) is 0.133. The molecule has 0 aliphatic carbocycles. The molecule has 84 valence electrons. The number of rotatable bonds is 1. The van der Waals surface area contributed by atoms with Gasteiger partial charge in [0.1, 0.15) is 0 Å². The van der Waals surface area contributed by atoms with Crippen molar-refractivity contribution in [2.45, 2.75) is 13.8 Å². The Bertz CT molecular complexity index is 682. The lowest BCUT2D eigenvalue weighted by molar-refractivity contribution is 1.35. The highest BCUT2D eigenvalue weighted by molar-refractivity contribution is 7.18. The van der Waals surface area contributed by atoms with Crippen LogP contribution in [0.2, 0.25) is 0 Å². The van der Waals surface area contributed by atoms with Gasteiger partial charge in [0.25, 0.3) is 0 Å². The van der Waals surface area contributed by atoms with E-state index in [9.17, 15) is 0 Å². The molecule has 0 bridgehead atoms. The number of benzene rings is 2. The van der Waals surface area contributed by atoms with Crippen LogP contribution in [0.5, 0.6) is 0 Å². The first-order valence-corrected chi connectivity index (χ1v) is 6.49. The number of fused-ring (bicyclic) bond motifs is 1. The van der Waals surface area contributed by atoms with Gasteiger partial charge in [0.05, 0.1) is 15.2 Å². The normalized spacial score (nSPS) is 10.9. The third-order valence-corrected chi connectivity index (χ3v) is 3.90. The van der Waals surface area contributed by atoms with Gasteiger partial charge >= 0.3 is 0 Å². The molecule has 0 aliphatic heterocycles. The first-order chi connectivity index (χ1) is 8.24. The summed E-state index contributed by atoms with van der Waals surface area (Å²) in [5.41, 5.74) is 4.95. The number of nitrogens with zero attached hydrogens (tertiary/aromatic N) is 1. The van der Waals surface area contributed by atoms with Gasteiger partial charge in [-0.1, -0.05) is 30.3 Å². The number of aromatic nitrogens is 1. The van der Waals surface area contributed by atoms with Crippen LogP contribution in [0, 0.1) is 13.8 Å². The first-order valence-electron chi connectivity index (χ1n) is 5.67. The Morgan fingerprint density at radius 1 is 1.00 bits per heavy atom. The lowest BCUT2D eigenvalue weighted by Gasteiger charge is -2.05. The van der Waals surface area contributed by atoms with Crippen molar-refractivity contribution < 1.29 is 0 Å². The molecule has 2 aromatic carbocycles. The third-order valence-electron chi connectivity index (χ3n) is 2.95. The van der Waals surface area contributed by atoms with E-state index < -0.39 is 0 Å². The van der Waals surface area contributed by atoms with Crippen LogP contribution < -0.4 is 0 Å². The van der Waals surface area contributed by atoms with Crippen LogP contribution in [0.3, 0.4) is 0 Å². The number of aryl methyl sites for hydroxylation is 2. The molecule has 0 radical (unpaired) electrons. The molecule has 0 N–H and O–H groups in total. The Labute approximate surface area is 105 Å². The monoisotopic (exact) mass is 239 g/mol. The Morgan fingerprint density at radius 3 is 2.65 bits per heavy atom. The Hall–Kier alpha value is -1.67. The van der Waals surface area contributed by atoms with Crippen LogP contribution >= 0.6 is 11.3 Å². The summed E-state index contributed by atoms with van der Waals surface area (Å²) in [7, 11) is 0. The summed E-state index contributed by atoms with van der Waals surface area (Å²) >= 11 is 1.75. The van der Waals surface area contributed by atoms with Crippen LogP contribution in [0.1, 0.15) is 10.6 Å². The van der Waals surface area contributed by atoms with E-state index in [-0.39, 0.29) is 0 Å². The van der Waals surface area contributed by atoms with Crippen molar-refractivity contribution in [3.63, 3.8) is 0 Å². The largest absolute Gasteiger partial charge is 0.241 e. The minimum Gasteiger partial charge on any atom is -0.241 e. The van der Waals surface area contributed by atoms with Gasteiger partial charge in [0, 0.05) is 0 Å². The zero-order chi connectivity index (χ0) is 11.8. The minimum absolute atomic E-state index is 1.10. The zero-order valence-corrected chi connectivity index (χ0v) is 10.7. The maximum atomic E-state index is 4.55. The van der Waals surface area contributed by atoms with Gasteiger partial charge < -0.3 is 0 Å². The average molecular weight is 239 g/mol. The second kappa shape index (κ2) is 3.97. The molecule has 0 spiro atoms. The minimum atomic E-state index is 1.10. The van der Waals surface area contributed by atoms with E-state index in [0.717, 1.165) is 10.5 Å². The summed E-state index contributed by atoms with van der Waals surface area (Å²) in [6.45, 7) is 4.20. The van der Waals surface area contributed by atoms with Crippen molar-refractivity contribution in [3.05, 3.63) is 53.0 Å². The molecular formula is C15H13NS. The van der Waals surface area contributed by atoms with Gasteiger partial charge in [-0.3, -0.25) is 0 Å². The van der Waals surface area contributed by atoms with Gasteiger partial charge in [0.2, 0.25) is 0 Å². The molecule has 3 aromatic rings. The van der Waals surface area contributed by atoms with E-state index in [1.165, 1.54) is 21.4 Å². The first kappa shape index (κ1) is 10.5. The maximum absolute atomic E-state index is 4.55. The Kier molecular flexibility index (Phi) is 2.45. The highest BCUT2D eigenvalue weighted by atomic mass is 32.1. The SMILES string of the molecule is Cc1nc2cc(-c3ccccc3C)ccc2s1. The van der Waals surface area contributed by atoms with Crippen molar-refractivity contribution in [2.24, 2.45) is 0 Å². The molecule has 1 aromatic heterocycles. The molecule has 2 heteroatoms. The van der Waals surface area contributed by atoms with Gasteiger partial charge in [0.15, 0.2) is 0 Å². The fourth-order valence-electron chi connectivity index (χ4n) is 2.11. The third kappa shape index (κ3) is 1.85. The van der Waals surface area contributed by atoms with Crippen LogP contribution in [0.25, 0.3) is 21.3 Å². The van der Waals surface area contributed by atoms with Crippen molar-refractivity contribution in [1.82, 2.24) is 4.98 Å². The van der Waals surface area contributed by atoms with Gasteiger partial charge in [-0.25, -0.2) is 4.98 Å². The van der Waals surface area contributed by atoms with Crippen molar-refractivity contribution in [1.29, 1.82) is 0 Å². The summed E-state index contributed by atoms with van der Waals surface area (Å²) in [6.07, 6.45) is 0. The molecule has 17 heavy (non-hydrogen) atoms. The van der Waals surface area contributed by atoms with E-state index in [4.69, 9.17) is 0 Å². The van der Waals surface area contributed by atoms with E-state index in [1.54, 1.807) is 11.3 Å². The van der Waals surface area contributed by atoms with Gasteiger partial charge in [-0.15, -0.1) is 11.3 Å². The summed E-state index contributed by atoms with van der Waals surface area (Å²) in [6, 6.07) is 15.0. The number of thiazole rings is 1. The molecular weight excluding hydrogens is 226 g/mol. The van der Waals surface area contributed by atoms with Crippen LogP contribution in [-0.2, 0) is 0 Å². The Morgan fingerprint density at radius 2 is 1.82 bits per heavy atom. The smallest absolute Gasteiger partial charge is 0.0907 e. The molecule has 0 fully saturated rings. The van der Waals surface area contributed by atoms with Crippen LogP contribution in [0.15, 0.2) is 42.5 Å². The predicted octanol–water partition coefficient (Wildman–Crippen LogP) is 4.58. The van der Waals surface area contributed by atoms with Crippen molar-refractivity contribution >= 4 is 21.6 Å². The Balaban J connectivity index is 2.21. The topological polar surface area (TPSA) is 12.9 Å². The predicted molar refractivity (Wildman–Crippen MR) is 74.5 cm³/mol. The van der Waals surface area contributed by atoms with Gasteiger partial charge in [-0.05, 0) is 42.7 Å². The molecule has 1 nitrogen and oxygen atoms in total. The van der Waals surface area contributed by atoms with Gasteiger partial charge in [-0.2, -0.15) is 0 Å². The fourth-order valence-corrected chi connectivity index (χ4v) is 2.91. The molecule has 0 unspecified atom stereocenters. The van der Waals surface area contributed by atoms with Crippen LogP contribution in [-0.4, -0.2) is 4.98 Å². The molecule has 1 heterocycles. The lowest BCUT2D eigenvalue weighted by atomic mass is 10.0. The van der Waals surface area contributed by atoms with Crippen molar-refractivity contribution in [2.75, 3.05) is 0 Å². The lowest BCUT2D eigenvalue weighted by Crippen LogP contribution is -1.82. The molecule has 0 saturated heterocycles. The standard InChI is InChI=1S/C15H13NS/c1-10-5-3-4-6-13(10)12-7-8-15-14(9-12)16-11(2)17-15/h3-9H,1-2H3. The van der Waals surface area contributed by atoms with Crippen molar-refractivity contribution in [3.8, 4) is 11.1 Å². The van der Waals surface area contributed by atoms with E-state index in [1.807, 2.05) is 0 Å². The quantitative estimate of drug-likeness (QED) is 0.605. The van der Waals surface area contributed by atoms with E-state index in [2.05, 4.69) is 61.3 Å². The molecule has 0 aliphatic rings. The molecule has 0 saturated carbocycles. The summed E-state index contributed by atoms with van der Waals surface area (Å²) < 4.78 is 1.26. The second-order valence-corrected chi connectivity index (χ2v) is 5.47. The molecule has 0 amide bonds. The number of hydrogen-bond acceptors (Lipinski definition) is 2. The van der Waals surface area contributed by atoms with E-state index >= 15 is 0 Å². The summed E-state index contributed by atoms with van der Waals surface area (Å²) in [5.74, 6) is 0. The molecule has 0 atom stereocenters. The highest BCUT2D eigenvalue weighted by Gasteiger charge is 2.04. The summed E-state index contributed by atoms with van der Waals surface area (Å²) in [4.78, 5) is 4.55. The van der Waals surface area contributed by atoms with Crippen LogP contribution in [0.4, 0.5) is 0 Å². The summed E-state index contributed by atoms with van der Waals surface area (Å²) in [5, 5.41) is 1.13. The maximum Gasteiger partial charge on any atom is 0.0907 e. The zero-order valence-electron chi connectivity index (χ0n) is 9.90. The van der Waals surface area contributed by atoms with E-state index in [0.29, 0.717) is 0 Å².